The summed E-state index contributed by atoms with van der Waals surface area (Å²) in [6.45, 7) is 6.45. The average Bonchev–Trinajstić information content (AvgIpc) is 2.33. The zero-order chi connectivity index (χ0) is 13.5. The second-order valence-corrected chi connectivity index (χ2v) is 6.96. The zero-order valence-corrected chi connectivity index (χ0v) is 12.9. The largest absolute Gasteiger partial charge is 0.468 e. The lowest BCUT2D eigenvalue weighted by molar-refractivity contribution is -0.142. The minimum atomic E-state index is -0.169. The van der Waals surface area contributed by atoms with Gasteiger partial charge in [0, 0.05) is 17.0 Å². The molecule has 0 aromatic heterocycles. The number of nitrogens with one attached hydrogen (secondary N) is 1. The number of hydrogen-bond donors (Lipinski definition) is 1. The van der Waals surface area contributed by atoms with Crippen LogP contribution in [0, 0.1) is 5.92 Å². The molecule has 1 aliphatic carbocycles. The van der Waals surface area contributed by atoms with Crippen LogP contribution in [0.2, 0.25) is 0 Å². The van der Waals surface area contributed by atoms with Crippen molar-refractivity contribution in [1.29, 1.82) is 0 Å². The van der Waals surface area contributed by atoms with Gasteiger partial charge in [-0.15, -0.1) is 0 Å². The number of methoxy groups -OCH3 is 1. The second-order valence-electron chi connectivity index (χ2n) is 5.62. The Morgan fingerprint density at radius 1 is 1.44 bits per heavy atom. The zero-order valence-electron chi connectivity index (χ0n) is 12.1. The molecule has 3 unspecified atom stereocenters. The number of rotatable bonds is 6. The summed E-state index contributed by atoms with van der Waals surface area (Å²) < 4.78 is 4.86. The molecule has 0 radical (unpaired) electrons. The molecule has 1 N–H and O–H groups in total. The van der Waals surface area contributed by atoms with Crippen molar-refractivity contribution < 1.29 is 9.53 Å². The molecule has 3 atom stereocenters. The molecule has 18 heavy (non-hydrogen) atoms. The predicted octanol–water partition coefficient (Wildman–Crippen LogP) is 2.84. The molecular formula is C14H27NO2S. The van der Waals surface area contributed by atoms with Crippen LogP contribution in [-0.4, -0.2) is 36.2 Å². The van der Waals surface area contributed by atoms with Crippen molar-refractivity contribution in [1.82, 2.24) is 5.32 Å². The summed E-state index contributed by atoms with van der Waals surface area (Å²) in [5.41, 5.74) is 0. The Labute approximate surface area is 115 Å². The third kappa shape index (κ3) is 5.61. The fourth-order valence-corrected chi connectivity index (χ4v) is 3.99. The van der Waals surface area contributed by atoms with Gasteiger partial charge in [-0.2, -0.15) is 11.8 Å². The molecule has 0 aliphatic heterocycles. The Balaban J connectivity index is 2.38. The molecule has 1 saturated carbocycles. The van der Waals surface area contributed by atoms with E-state index < -0.39 is 0 Å². The SMILES string of the molecule is COC(=O)C(CSC1CCCC(C)C1)NC(C)C. The number of carbonyl (C=O) groups excluding carboxylic acids is 1. The van der Waals surface area contributed by atoms with E-state index in [1.165, 1.54) is 32.8 Å². The maximum absolute atomic E-state index is 11.7. The van der Waals surface area contributed by atoms with Gasteiger partial charge in [0.15, 0.2) is 0 Å². The van der Waals surface area contributed by atoms with Gasteiger partial charge < -0.3 is 10.1 Å². The van der Waals surface area contributed by atoms with Crippen molar-refractivity contribution >= 4 is 17.7 Å². The highest BCUT2D eigenvalue weighted by atomic mass is 32.2. The standard InChI is InChI=1S/C14H27NO2S/c1-10(2)15-13(14(16)17-4)9-18-12-7-5-6-11(3)8-12/h10-13,15H,5-9H2,1-4H3. The molecule has 0 aromatic rings. The second kappa shape index (κ2) is 8.05. The van der Waals surface area contributed by atoms with Crippen molar-refractivity contribution in [3.8, 4) is 0 Å². The van der Waals surface area contributed by atoms with Crippen LogP contribution in [0.5, 0.6) is 0 Å². The van der Waals surface area contributed by atoms with Gasteiger partial charge in [-0.25, -0.2) is 0 Å². The highest BCUT2D eigenvalue weighted by Crippen LogP contribution is 2.32. The maximum atomic E-state index is 11.7. The number of esters is 1. The summed E-state index contributed by atoms with van der Waals surface area (Å²) in [6.07, 6.45) is 5.28. The fourth-order valence-electron chi connectivity index (χ4n) is 2.49. The lowest BCUT2D eigenvalue weighted by Crippen LogP contribution is -2.43. The van der Waals surface area contributed by atoms with Crippen LogP contribution >= 0.6 is 11.8 Å². The summed E-state index contributed by atoms with van der Waals surface area (Å²) in [5.74, 6) is 1.52. The molecule has 0 amide bonds. The van der Waals surface area contributed by atoms with Crippen LogP contribution in [0.1, 0.15) is 46.5 Å². The van der Waals surface area contributed by atoms with E-state index in [2.05, 4.69) is 26.1 Å². The van der Waals surface area contributed by atoms with Gasteiger partial charge >= 0.3 is 5.97 Å². The van der Waals surface area contributed by atoms with E-state index in [-0.39, 0.29) is 12.0 Å². The highest BCUT2D eigenvalue weighted by molar-refractivity contribution is 7.99. The van der Waals surface area contributed by atoms with Gasteiger partial charge in [0.2, 0.25) is 0 Å². The molecule has 3 nitrogen and oxygen atoms in total. The molecule has 1 rings (SSSR count). The molecule has 0 bridgehead atoms. The number of hydrogen-bond acceptors (Lipinski definition) is 4. The monoisotopic (exact) mass is 273 g/mol. The molecule has 1 fully saturated rings. The van der Waals surface area contributed by atoms with Crippen molar-refractivity contribution in [2.45, 2.75) is 63.8 Å². The van der Waals surface area contributed by atoms with E-state index in [1.807, 2.05) is 11.8 Å². The van der Waals surface area contributed by atoms with Gasteiger partial charge in [0.05, 0.1) is 7.11 Å². The third-order valence-corrected chi connectivity index (χ3v) is 4.83. The number of carbonyl (C=O) groups is 1. The lowest BCUT2D eigenvalue weighted by Gasteiger charge is -2.28. The third-order valence-electron chi connectivity index (χ3n) is 3.41. The van der Waals surface area contributed by atoms with Gasteiger partial charge in [-0.3, -0.25) is 4.79 Å². The lowest BCUT2D eigenvalue weighted by atomic mass is 9.91. The molecule has 0 spiro atoms. The van der Waals surface area contributed by atoms with Crippen LogP contribution in [0.25, 0.3) is 0 Å². The molecule has 0 aromatic carbocycles. The molecule has 0 heterocycles. The number of ether oxygens (including phenoxy) is 1. The van der Waals surface area contributed by atoms with Gasteiger partial charge in [0.1, 0.15) is 6.04 Å². The molecular weight excluding hydrogens is 246 g/mol. The first-order chi connectivity index (χ1) is 8.52. The smallest absolute Gasteiger partial charge is 0.323 e. The normalized spacial score (nSPS) is 26.1. The van der Waals surface area contributed by atoms with Crippen LogP contribution in [0.15, 0.2) is 0 Å². The van der Waals surface area contributed by atoms with Crippen molar-refractivity contribution in [2.24, 2.45) is 5.92 Å². The Morgan fingerprint density at radius 3 is 2.72 bits per heavy atom. The predicted molar refractivity (Wildman–Crippen MR) is 78.0 cm³/mol. The minimum Gasteiger partial charge on any atom is -0.468 e. The summed E-state index contributed by atoms with van der Waals surface area (Å²) in [6, 6.07) is 0.136. The average molecular weight is 273 g/mol. The Hall–Kier alpha value is -0.220. The van der Waals surface area contributed by atoms with Crippen LogP contribution < -0.4 is 5.32 Å². The fraction of sp³-hybridized carbons (Fsp3) is 0.929. The summed E-state index contributed by atoms with van der Waals surface area (Å²) in [4.78, 5) is 11.7. The van der Waals surface area contributed by atoms with Crippen molar-refractivity contribution in [3.63, 3.8) is 0 Å². The topological polar surface area (TPSA) is 38.3 Å². The van der Waals surface area contributed by atoms with Gasteiger partial charge in [-0.1, -0.05) is 33.6 Å². The molecule has 106 valence electrons. The number of thioether (sulfide) groups is 1. The summed E-state index contributed by atoms with van der Waals surface area (Å²) in [7, 11) is 1.46. The minimum absolute atomic E-state index is 0.139. The van der Waals surface area contributed by atoms with E-state index >= 15 is 0 Å². The van der Waals surface area contributed by atoms with Crippen molar-refractivity contribution in [3.05, 3.63) is 0 Å². The first kappa shape index (κ1) is 15.8. The molecule has 0 saturated heterocycles. The van der Waals surface area contributed by atoms with Crippen LogP contribution in [0.3, 0.4) is 0 Å². The van der Waals surface area contributed by atoms with E-state index in [9.17, 15) is 4.79 Å². The maximum Gasteiger partial charge on any atom is 0.323 e. The summed E-state index contributed by atoms with van der Waals surface area (Å²) in [5, 5.41) is 4.00. The highest BCUT2D eigenvalue weighted by Gasteiger charge is 2.24. The van der Waals surface area contributed by atoms with Gasteiger partial charge in [0.25, 0.3) is 0 Å². The van der Waals surface area contributed by atoms with E-state index in [4.69, 9.17) is 4.74 Å². The van der Waals surface area contributed by atoms with E-state index in [0.29, 0.717) is 6.04 Å². The quantitative estimate of drug-likeness (QED) is 0.755. The molecule has 4 heteroatoms. The first-order valence-electron chi connectivity index (χ1n) is 6.98. The van der Waals surface area contributed by atoms with E-state index in [1.54, 1.807) is 0 Å². The Kier molecular flexibility index (Phi) is 7.08. The van der Waals surface area contributed by atoms with Gasteiger partial charge in [-0.05, 0) is 18.8 Å². The van der Waals surface area contributed by atoms with E-state index in [0.717, 1.165) is 16.9 Å². The Bertz CT molecular complexity index is 258. The molecule has 1 aliphatic rings. The van der Waals surface area contributed by atoms with Crippen molar-refractivity contribution in [2.75, 3.05) is 12.9 Å². The first-order valence-corrected chi connectivity index (χ1v) is 8.03. The van der Waals surface area contributed by atoms with Crippen LogP contribution in [-0.2, 0) is 9.53 Å². The van der Waals surface area contributed by atoms with Crippen LogP contribution in [0.4, 0.5) is 0 Å². The Morgan fingerprint density at radius 2 is 2.17 bits per heavy atom. The summed E-state index contributed by atoms with van der Waals surface area (Å²) >= 11 is 1.93.